The SMILES string of the molecule is CC(C)CC(NC(=O)C(N)Cc1c[nH]c2ccccc12)C(=O)NC(CO)C(=O)NC(Cc1ccc(O)cc1)C(=O)O. The van der Waals surface area contributed by atoms with Gasteiger partial charge >= 0.3 is 5.97 Å². The van der Waals surface area contributed by atoms with E-state index in [0.717, 1.165) is 16.5 Å². The zero-order valence-electron chi connectivity index (χ0n) is 23.0. The van der Waals surface area contributed by atoms with Crippen molar-refractivity contribution in [1.82, 2.24) is 20.9 Å². The molecule has 0 spiro atoms. The highest BCUT2D eigenvalue weighted by molar-refractivity contribution is 5.94. The van der Waals surface area contributed by atoms with Crippen molar-refractivity contribution in [3.63, 3.8) is 0 Å². The lowest BCUT2D eigenvalue weighted by molar-refractivity contribution is -0.142. The maximum absolute atomic E-state index is 13.1. The minimum absolute atomic E-state index is 0.00896. The molecule has 12 nitrogen and oxygen atoms in total. The Balaban J connectivity index is 1.64. The zero-order valence-corrected chi connectivity index (χ0v) is 23.0. The molecule has 0 radical (unpaired) electrons. The van der Waals surface area contributed by atoms with Crippen LogP contribution < -0.4 is 21.7 Å². The molecule has 2 aromatic carbocycles. The second-order valence-electron chi connectivity index (χ2n) is 10.4. The first-order chi connectivity index (χ1) is 19.5. The summed E-state index contributed by atoms with van der Waals surface area (Å²) in [4.78, 5) is 53.8. The number of benzene rings is 2. The average molecular weight is 568 g/mol. The Morgan fingerprint density at radius 1 is 0.854 bits per heavy atom. The number of hydrogen-bond acceptors (Lipinski definition) is 7. The van der Waals surface area contributed by atoms with E-state index in [-0.39, 0.29) is 30.9 Å². The van der Waals surface area contributed by atoms with Crippen LogP contribution in [0.2, 0.25) is 0 Å². The molecule has 0 bridgehead atoms. The molecule has 1 aromatic heterocycles. The van der Waals surface area contributed by atoms with E-state index >= 15 is 0 Å². The summed E-state index contributed by atoms with van der Waals surface area (Å²) in [6.07, 6.45) is 2.15. The van der Waals surface area contributed by atoms with Crippen LogP contribution in [0, 0.1) is 5.92 Å². The number of aliphatic hydroxyl groups is 1. The summed E-state index contributed by atoms with van der Waals surface area (Å²) in [5, 5.41) is 37.2. The number of phenolic OH excluding ortho intramolecular Hbond substituents is 1. The number of carboxylic acids is 1. The lowest BCUT2D eigenvalue weighted by atomic mass is 10.0. The Kier molecular flexibility index (Phi) is 10.8. The maximum Gasteiger partial charge on any atom is 0.326 e. The summed E-state index contributed by atoms with van der Waals surface area (Å²) in [6.45, 7) is 2.91. The standard InChI is InChI=1S/C29H37N5O7/c1-16(2)11-23(32-26(37)21(30)13-18-14-31-22-6-4-3-5-20(18)22)27(38)34-25(15-35)28(39)33-24(29(40)41)12-17-7-9-19(36)10-8-17/h3-10,14,16,21,23-25,31,35-36H,11-13,15,30H2,1-2H3,(H,32,37)(H,33,39)(H,34,38)(H,40,41). The number of fused-ring (bicyclic) bond motifs is 1. The maximum atomic E-state index is 13.1. The molecule has 3 aromatic rings. The molecular weight excluding hydrogens is 530 g/mol. The number of nitrogens with one attached hydrogen (secondary N) is 4. The molecule has 0 saturated heterocycles. The summed E-state index contributed by atoms with van der Waals surface area (Å²) in [5.41, 5.74) is 8.49. The van der Waals surface area contributed by atoms with E-state index < -0.39 is 54.5 Å². The van der Waals surface area contributed by atoms with Crippen LogP contribution in [0.4, 0.5) is 0 Å². The van der Waals surface area contributed by atoms with Crippen molar-refractivity contribution in [3.05, 3.63) is 65.9 Å². The number of H-pyrrole nitrogens is 1. The van der Waals surface area contributed by atoms with Gasteiger partial charge in [-0.2, -0.15) is 0 Å². The van der Waals surface area contributed by atoms with Gasteiger partial charge in [0.05, 0.1) is 12.6 Å². The monoisotopic (exact) mass is 567 g/mol. The molecule has 1 heterocycles. The predicted molar refractivity (Wildman–Crippen MR) is 152 cm³/mol. The second-order valence-corrected chi connectivity index (χ2v) is 10.4. The summed E-state index contributed by atoms with van der Waals surface area (Å²) in [6, 6.07) is 8.60. The Bertz CT molecular complexity index is 1360. The molecule has 4 atom stereocenters. The molecule has 0 fully saturated rings. The fourth-order valence-electron chi connectivity index (χ4n) is 4.42. The van der Waals surface area contributed by atoms with Gasteiger partial charge in [0.25, 0.3) is 0 Å². The fourth-order valence-corrected chi connectivity index (χ4v) is 4.42. The van der Waals surface area contributed by atoms with Gasteiger partial charge < -0.3 is 42.0 Å². The molecule has 0 aliphatic heterocycles. The van der Waals surface area contributed by atoms with Crippen molar-refractivity contribution in [2.45, 2.75) is 57.3 Å². The van der Waals surface area contributed by atoms with Crippen LogP contribution in [-0.4, -0.2) is 74.8 Å². The number of nitrogens with two attached hydrogens (primary N) is 1. The topological polar surface area (TPSA) is 207 Å². The highest BCUT2D eigenvalue weighted by Gasteiger charge is 2.30. The van der Waals surface area contributed by atoms with Crippen molar-refractivity contribution in [1.29, 1.82) is 0 Å². The Hall–Kier alpha value is -4.42. The van der Waals surface area contributed by atoms with Crippen molar-refractivity contribution < 1.29 is 34.5 Å². The molecule has 0 aliphatic carbocycles. The molecule has 0 saturated carbocycles. The van der Waals surface area contributed by atoms with Crippen LogP contribution in [0.25, 0.3) is 10.9 Å². The molecule has 220 valence electrons. The second kappa shape index (κ2) is 14.3. The van der Waals surface area contributed by atoms with Gasteiger partial charge in [0, 0.05) is 23.5 Å². The van der Waals surface area contributed by atoms with Crippen LogP contribution in [0.15, 0.2) is 54.7 Å². The van der Waals surface area contributed by atoms with E-state index in [1.54, 1.807) is 6.20 Å². The number of aromatic hydroxyl groups is 1. The van der Waals surface area contributed by atoms with E-state index in [0.29, 0.717) is 5.56 Å². The van der Waals surface area contributed by atoms with E-state index in [1.807, 2.05) is 38.1 Å². The summed E-state index contributed by atoms with van der Waals surface area (Å²) >= 11 is 0. The van der Waals surface area contributed by atoms with Gasteiger partial charge in [-0.15, -0.1) is 0 Å². The quantitative estimate of drug-likeness (QED) is 0.138. The number of amides is 3. The number of phenols is 1. The minimum Gasteiger partial charge on any atom is -0.508 e. The smallest absolute Gasteiger partial charge is 0.326 e. The van der Waals surface area contributed by atoms with Gasteiger partial charge in [0.15, 0.2) is 0 Å². The number of hydrogen-bond donors (Lipinski definition) is 8. The van der Waals surface area contributed by atoms with E-state index in [2.05, 4.69) is 20.9 Å². The Labute approximate surface area is 237 Å². The van der Waals surface area contributed by atoms with E-state index in [1.165, 1.54) is 24.3 Å². The van der Waals surface area contributed by atoms with E-state index in [4.69, 9.17) is 5.73 Å². The normalized spacial score (nSPS) is 14.2. The summed E-state index contributed by atoms with van der Waals surface area (Å²) in [7, 11) is 0. The van der Waals surface area contributed by atoms with Crippen molar-refractivity contribution >= 4 is 34.6 Å². The first kappa shape index (κ1) is 31.1. The molecule has 3 rings (SSSR count). The van der Waals surface area contributed by atoms with Crippen LogP contribution >= 0.6 is 0 Å². The number of carbonyl (C=O) groups is 4. The minimum atomic E-state index is -1.46. The van der Waals surface area contributed by atoms with Crippen molar-refractivity contribution in [2.75, 3.05) is 6.61 Å². The summed E-state index contributed by atoms with van der Waals surface area (Å²) < 4.78 is 0. The largest absolute Gasteiger partial charge is 0.508 e. The number of carboxylic acid groups (broad SMARTS) is 1. The molecule has 41 heavy (non-hydrogen) atoms. The van der Waals surface area contributed by atoms with Gasteiger partial charge in [-0.25, -0.2) is 4.79 Å². The number of aliphatic hydroxyl groups excluding tert-OH is 1. The molecule has 9 N–H and O–H groups in total. The number of aromatic amines is 1. The number of aromatic nitrogens is 1. The zero-order chi connectivity index (χ0) is 30.1. The van der Waals surface area contributed by atoms with E-state index in [9.17, 15) is 34.5 Å². The number of carbonyl (C=O) groups excluding carboxylic acids is 3. The third-order valence-corrected chi connectivity index (χ3v) is 6.60. The third-order valence-electron chi connectivity index (χ3n) is 6.60. The first-order valence-corrected chi connectivity index (χ1v) is 13.3. The van der Waals surface area contributed by atoms with Gasteiger partial charge in [0.2, 0.25) is 17.7 Å². The highest BCUT2D eigenvalue weighted by Crippen LogP contribution is 2.19. The van der Waals surface area contributed by atoms with Crippen molar-refractivity contribution in [3.8, 4) is 5.75 Å². The summed E-state index contributed by atoms with van der Waals surface area (Å²) in [5.74, 6) is -3.50. The lowest BCUT2D eigenvalue weighted by Gasteiger charge is -2.25. The fraction of sp³-hybridized carbons (Fsp3) is 0.379. The van der Waals surface area contributed by atoms with Crippen LogP contribution in [0.5, 0.6) is 5.75 Å². The van der Waals surface area contributed by atoms with Crippen LogP contribution in [-0.2, 0) is 32.0 Å². The predicted octanol–water partition coefficient (Wildman–Crippen LogP) is 0.563. The molecule has 3 amide bonds. The Morgan fingerprint density at radius 2 is 1.46 bits per heavy atom. The first-order valence-electron chi connectivity index (χ1n) is 13.3. The third kappa shape index (κ3) is 8.78. The van der Waals surface area contributed by atoms with Gasteiger partial charge in [-0.05, 0) is 48.1 Å². The lowest BCUT2D eigenvalue weighted by Crippen LogP contribution is -2.58. The number of para-hydroxylation sites is 1. The molecule has 0 aliphatic rings. The number of rotatable bonds is 14. The highest BCUT2D eigenvalue weighted by atomic mass is 16.4. The molecular formula is C29H37N5O7. The molecule has 4 unspecified atom stereocenters. The average Bonchev–Trinajstić information content (AvgIpc) is 3.34. The number of aliphatic carboxylic acids is 1. The molecule has 12 heteroatoms. The Morgan fingerprint density at radius 3 is 2.10 bits per heavy atom. The van der Waals surface area contributed by atoms with Crippen molar-refractivity contribution in [2.24, 2.45) is 11.7 Å². The van der Waals surface area contributed by atoms with Gasteiger partial charge in [-0.3, -0.25) is 14.4 Å². The van der Waals surface area contributed by atoms with Crippen LogP contribution in [0.3, 0.4) is 0 Å². The van der Waals surface area contributed by atoms with Gasteiger partial charge in [-0.1, -0.05) is 44.2 Å². The van der Waals surface area contributed by atoms with Crippen LogP contribution in [0.1, 0.15) is 31.4 Å². The van der Waals surface area contributed by atoms with Gasteiger partial charge in [0.1, 0.15) is 23.9 Å².